The van der Waals surface area contributed by atoms with Gasteiger partial charge in [-0.3, -0.25) is 0 Å². The molecule has 1 aromatic carbocycles. The van der Waals surface area contributed by atoms with Gasteiger partial charge in [0.15, 0.2) is 11.5 Å². The molecule has 4 nitrogen and oxygen atoms in total. The molecule has 0 fully saturated rings. The second kappa shape index (κ2) is 5.66. The molecule has 0 heterocycles. The maximum atomic E-state index is 6.06. The van der Waals surface area contributed by atoms with Gasteiger partial charge in [0.05, 0.1) is 25.6 Å². The van der Waals surface area contributed by atoms with Crippen LogP contribution in [-0.2, 0) is 0 Å². The fraction of sp³-hybridized carbons (Fsp3) is 0.538. The molecule has 17 heavy (non-hydrogen) atoms. The monoisotopic (exact) mass is 238 g/mol. The van der Waals surface area contributed by atoms with Crippen LogP contribution in [0.5, 0.6) is 11.5 Å². The third kappa shape index (κ3) is 2.75. The van der Waals surface area contributed by atoms with E-state index in [-0.39, 0.29) is 0 Å². The molecular formula is C13H22N2O2. The average Bonchev–Trinajstić information content (AvgIpc) is 2.31. The van der Waals surface area contributed by atoms with E-state index in [1.165, 1.54) is 0 Å². The zero-order chi connectivity index (χ0) is 13.0. The SMILES string of the molecule is CCN(c1cc(OC)c(OC)cc1N)C(C)C. The molecule has 0 aromatic heterocycles. The van der Waals surface area contributed by atoms with E-state index in [2.05, 4.69) is 25.7 Å². The van der Waals surface area contributed by atoms with Gasteiger partial charge in [-0.15, -0.1) is 0 Å². The van der Waals surface area contributed by atoms with E-state index in [1.807, 2.05) is 6.07 Å². The highest BCUT2D eigenvalue weighted by Crippen LogP contribution is 2.37. The summed E-state index contributed by atoms with van der Waals surface area (Å²) in [5, 5.41) is 0. The first-order valence-corrected chi connectivity index (χ1v) is 5.83. The van der Waals surface area contributed by atoms with Gasteiger partial charge < -0.3 is 20.1 Å². The largest absolute Gasteiger partial charge is 0.493 e. The second-order valence-corrected chi connectivity index (χ2v) is 4.15. The van der Waals surface area contributed by atoms with Crippen molar-refractivity contribution in [1.29, 1.82) is 0 Å². The summed E-state index contributed by atoms with van der Waals surface area (Å²) in [5.41, 5.74) is 7.75. The fourth-order valence-electron chi connectivity index (χ4n) is 1.95. The van der Waals surface area contributed by atoms with E-state index in [4.69, 9.17) is 15.2 Å². The van der Waals surface area contributed by atoms with Gasteiger partial charge in [-0.1, -0.05) is 0 Å². The molecule has 96 valence electrons. The van der Waals surface area contributed by atoms with Crippen LogP contribution < -0.4 is 20.1 Å². The molecule has 0 atom stereocenters. The quantitative estimate of drug-likeness (QED) is 0.801. The van der Waals surface area contributed by atoms with E-state index in [0.717, 1.165) is 12.2 Å². The Morgan fingerprint density at radius 3 is 2.12 bits per heavy atom. The van der Waals surface area contributed by atoms with Crippen LogP contribution in [0, 0.1) is 0 Å². The molecule has 0 aliphatic heterocycles. The van der Waals surface area contributed by atoms with Crippen molar-refractivity contribution in [3.63, 3.8) is 0 Å². The summed E-state index contributed by atoms with van der Waals surface area (Å²) in [6.07, 6.45) is 0. The van der Waals surface area contributed by atoms with Gasteiger partial charge in [-0.25, -0.2) is 0 Å². The van der Waals surface area contributed by atoms with Crippen LogP contribution in [0.15, 0.2) is 12.1 Å². The second-order valence-electron chi connectivity index (χ2n) is 4.15. The lowest BCUT2D eigenvalue weighted by molar-refractivity contribution is 0.355. The molecule has 1 rings (SSSR count). The van der Waals surface area contributed by atoms with Gasteiger partial charge in [-0.2, -0.15) is 0 Å². The number of ether oxygens (including phenoxy) is 2. The predicted octanol–water partition coefficient (Wildman–Crippen LogP) is 2.52. The summed E-state index contributed by atoms with van der Waals surface area (Å²) in [7, 11) is 3.24. The van der Waals surface area contributed by atoms with Crippen molar-refractivity contribution < 1.29 is 9.47 Å². The summed E-state index contributed by atoms with van der Waals surface area (Å²) in [6, 6.07) is 4.12. The number of nitrogens with two attached hydrogens (primary N) is 1. The van der Waals surface area contributed by atoms with Crippen LogP contribution in [0.2, 0.25) is 0 Å². The number of hydrogen-bond acceptors (Lipinski definition) is 4. The van der Waals surface area contributed by atoms with Gasteiger partial charge in [0.2, 0.25) is 0 Å². The average molecular weight is 238 g/mol. The van der Waals surface area contributed by atoms with Crippen molar-refractivity contribution >= 4 is 11.4 Å². The van der Waals surface area contributed by atoms with Crippen molar-refractivity contribution in [2.24, 2.45) is 0 Å². The molecule has 0 spiro atoms. The zero-order valence-electron chi connectivity index (χ0n) is 11.3. The fourth-order valence-corrected chi connectivity index (χ4v) is 1.95. The van der Waals surface area contributed by atoms with E-state index in [9.17, 15) is 0 Å². The minimum atomic E-state index is 0.389. The highest BCUT2D eigenvalue weighted by molar-refractivity contribution is 5.73. The maximum Gasteiger partial charge on any atom is 0.162 e. The minimum absolute atomic E-state index is 0.389. The van der Waals surface area contributed by atoms with Crippen molar-refractivity contribution in [3.8, 4) is 11.5 Å². The first kappa shape index (κ1) is 13.5. The van der Waals surface area contributed by atoms with Crippen LogP contribution >= 0.6 is 0 Å². The lowest BCUT2D eigenvalue weighted by Crippen LogP contribution is -2.31. The minimum Gasteiger partial charge on any atom is -0.493 e. The molecule has 0 radical (unpaired) electrons. The molecule has 0 bridgehead atoms. The van der Waals surface area contributed by atoms with E-state index < -0.39 is 0 Å². The van der Waals surface area contributed by atoms with Crippen LogP contribution in [0.4, 0.5) is 11.4 Å². The normalized spacial score (nSPS) is 10.5. The highest BCUT2D eigenvalue weighted by atomic mass is 16.5. The number of nitrogen functional groups attached to an aromatic ring is 1. The number of nitrogens with zero attached hydrogens (tertiary/aromatic N) is 1. The Balaban J connectivity index is 3.24. The number of methoxy groups -OCH3 is 2. The Kier molecular flexibility index (Phi) is 4.49. The molecule has 0 aliphatic rings. The van der Waals surface area contributed by atoms with Crippen LogP contribution in [-0.4, -0.2) is 26.8 Å². The predicted molar refractivity (Wildman–Crippen MR) is 72.1 cm³/mol. The highest BCUT2D eigenvalue weighted by Gasteiger charge is 2.15. The Hall–Kier alpha value is -1.58. The lowest BCUT2D eigenvalue weighted by Gasteiger charge is -2.29. The van der Waals surface area contributed by atoms with Crippen LogP contribution in [0.3, 0.4) is 0 Å². The molecular weight excluding hydrogens is 216 g/mol. The zero-order valence-corrected chi connectivity index (χ0v) is 11.3. The van der Waals surface area contributed by atoms with Gasteiger partial charge in [0.1, 0.15) is 0 Å². The number of rotatable bonds is 5. The van der Waals surface area contributed by atoms with E-state index in [1.54, 1.807) is 20.3 Å². The third-order valence-electron chi connectivity index (χ3n) is 2.81. The standard InChI is InChI=1S/C13H22N2O2/c1-6-15(9(2)3)11-8-13(17-5)12(16-4)7-10(11)14/h7-9H,6,14H2,1-5H3. The Morgan fingerprint density at radius 2 is 1.71 bits per heavy atom. The van der Waals surface area contributed by atoms with Crippen molar-refractivity contribution in [3.05, 3.63) is 12.1 Å². The molecule has 2 N–H and O–H groups in total. The van der Waals surface area contributed by atoms with E-state index in [0.29, 0.717) is 23.2 Å². The number of hydrogen-bond donors (Lipinski definition) is 1. The maximum absolute atomic E-state index is 6.06. The van der Waals surface area contributed by atoms with Crippen molar-refractivity contribution in [2.75, 3.05) is 31.4 Å². The number of anilines is 2. The summed E-state index contributed by atoms with van der Waals surface area (Å²) >= 11 is 0. The molecule has 0 aliphatic carbocycles. The Bertz CT molecular complexity index is 378. The summed E-state index contributed by atoms with van der Waals surface area (Å²) in [6.45, 7) is 7.28. The molecule has 0 saturated carbocycles. The van der Waals surface area contributed by atoms with Gasteiger partial charge in [-0.05, 0) is 20.8 Å². The topological polar surface area (TPSA) is 47.7 Å². The van der Waals surface area contributed by atoms with Gasteiger partial charge >= 0.3 is 0 Å². The summed E-state index contributed by atoms with van der Waals surface area (Å²) in [5.74, 6) is 1.37. The lowest BCUT2D eigenvalue weighted by atomic mass is 10.2. The third-order valence-corrected chi connectivity index (χ3v) is 2.81. The smallest absolute Gasteiger partial charge is 0.162 e. The Labute approximate surface area is 103 Å². The van der Waals surface area contributed by atoms with Crippen molar-refractivity contribution in [1.82, 2.24) is 0 Å². The van der Waals surface area contributed by atoms with Gasteiger partial charge in [0.25, 0.3) is 0 Å². The van der Waals surface area contributed by atoms with Crippen molar-refractivity contribution in [2.45, 2.75) is 26.8 Å². The van der Waals surface area contributed by atoms with E-state index >= 15 is 0 Å². The van der Waals surface area contributed by atoms with Crippen LogP contribution in [0.1, 0.15) is 20.8 Å². The molecule has 1 aromatic rings. The van der Waals surface area contributed by atoms with Gasteiger partial charge in [0, 0.05) is 24.7 Å². The Morgan fingerprint density at radius 1 is 1.18 bits per heavy atom. The summed E-state index contributed by atoms with van der Waals surface area (Å²) < 4.78 is 10.5. The number of benzene rings is 1. The summed E-state index contributed by atoms with van der Waals surface area (Å²) in [4.78, 5) is 2.22. The van der Waals surface area contributed by atoms with Crippen LogP contribution in [0.25, 0.3) is 0 Å². The molecule has 0 amide bonds. The first-order valence-electron chi connectivity index (χ1n) is 5.83. The molecule has 0 saturated heterocycles. The molecule has 4 heteroatoms. The first-order chi connectivity index (χ1) is 8.04. The molecule has 0 unspecified atom stereocenters.